The van der Waals surface area contributed by atoms with Gasteiger partial charge >= 0.3 is 5.97 Å². The van der Waals surface area contributed by atoms with Crippen molar-refractivity contribution in [2.24, 2.45) is 0 Å². The van der Waals surface area contributed by atoms with Crippen LogP contribution in [0.25, 0.3) is 5.82 Å². The first-order valence-electron chi connectivity index (χ1n) is 7.56. The molecule has 2 aromatic heterocycles. The average molecular weight is 303 g/mol. The Hall–Kier alpha value is -2.37. The summed E-state index contributed by atoms with van der Waals surface area (Å²) in [5.74, 6) is 0.443. The van der Waals surface area contributed by atoms with Crippen molar-refractivity contribution in [3.05, 3.63) is 36.3 Å². The van der Waals surface area contributed by atoms with Crippen molar-refractivity contribution in [3.8, 4) is 11.6 Å². The summed E-state index contributed by atoms with van der Waals surface area (Å²) in [4.78, 5) is 16.5. The maximum absolute atomic E-state index is 12.3. The normalized spacial score (nSPS) is 10.5. The van der Waals surface area contributed by atoms with Crippen LogP contribution in [0.2, 0.25) is 0 Å². The standard InChI is InChI=1S/C16H21N3O3/c1-3-5-6-12-22-13-8-10-17-15(19-11-7-9-18-19)14(13)16(20)21-4-2/h7-11H,3-6,12H2,1-2H3. The quantitative estimate of drug-likeness (QED) is 0.554. The molecule has 0 amide bonds. The smallest absolute Gasteiger partial charge is 0.345 e. The Morgan fingerprint density at radius 3 is 2.82 bits per heavy atom. The molecule has 0 N–H and O–H groups in total. The number of rotatable bonds is 8. The third kappa shape index (κ3) is 3.84. The van der Waals surface area contributed by atoms with Crippen molar-refractivity contribution in [3.63, 3.8) is 0 Å². The zero-order valence-electron chi connectivity index (χ0n) is 13.0. The van der Waals surface area contributed by atoms with Gasteiger partial charge in [-0.2, -0.15) is 5.10 Å². The molecule has 0 aliphatic rings. The number of hydrogen-bond acceptors (Lipinski definition) is 5. The molecule has 0 unspecified atom stereocenters. The van der Waals surface area contributed by atoms with Gasteiger partial charge in [-0.05, 0) is 25.5 Å². The summed E-state index contributed by atoms with van der Waals surface area (Å²) in [6.45, 7) is 4.75. The number of nitrogens with zero attached hydrogens (tertiary/aromatic N) is 3. The minimum atomic E-state index is -0.452. The number of carbonyl (C=O) groups excluding carboxylic acids is 1. The van der Waals surface area contributed by atoms with E-state index in [0.717, 1.165) is 19.3 Å². The van der Waals surface area contributed by atoms with Crippen molar-refractivity contribution < 1.29 is 14.3 Å². The van der Waals surface area contributed by atoms with E-state index in [-0.39, 0.29) is 0 Å². The van der Waals surface area contributed by atoms with Crippen molar-refractivity contribution in [1.29, 1.82) is 0 Å². The Labute approximate surface area is 130 Å². The number of ether oxygens (including phenoxy) is 2. The molecular weight excluding hydrogens is 282 g/mol. The molecule has 0 spiro atoms. The van der Waals surface area contributed by atoms with Gasteiger partial charge in [0.1, 0.15) is 11.3 Å². The topological polar surface area (TPSA) is 66.2 Å². The minimum absolute atomic E-state index is 0.293. The molecule has 2 rings (SSSR count). The van der Waals surface area contributed by atoms with E-state index in [9.17, 15) is 4.79 Å². The largest absolute Gasteiger partial charge is 0.492 e. The maximum Gasteiger partial charge on any atom is 0.345 e. The number of carbonyl (C=O) groups is 1. The summed E-state index contributed by atoms with van der Waals surface area (Å²) in [5, 5.41) is 4.13. The van der Waals surface area contributed by atoms with Crippen molar-refractivity contribution in [2.45, 2.75) is 33.1 Å². The molecule has 0 bridgehead atoms. The van der Waals surface area contributed by atoms with Crippen LogP contribution >= 0.6 is 0 Å². The summed E-state index contributed by atoms with van der Waals surface area (Å²) in [5.41, 5.74) is 0.310. The van der Waals surface area contributed by atoms with Crippen LogP contribution in [-0.2, 0) is 4.74 Å². The van der Waals surface area contributed by atoms with Crippen LogP contribution in [0.1, 0.15) is 43.5 Å². The lowest BCUT2D eigenvalue weighted by Crippen LogP contribution is -2.14. The molecule has 118 valence electrons. The van der Waals surface area contributed by atoms with Crippen LogP contribution in [-0.4, -0.2) is 33.9 Å². The van der Waals surface area contributed by atoms with Crippen molar-refractivity contribution in [1.82, 2.24) is 14.8 Å². The van der Waals surface area contributed by atoms with Gasteiger partial charge in [0.2, 0.25) is 0 Å². The monoisotopic (exact) mass is 303 g/mol. The van der Waals surface area contributed by atoms with Crippen LogP contribution in [0.5, 0.6) is 5.75 Å². The van der Waals surface area contributed by atoms with E-state index in [1.165, 1.54) is 4.68 Å². The number of unbranched alkanes of at least 4 members (excludes halogenated alkanes) is 2. The van der Waals surface area contributed by atoms with E-state index in [1.807, 2.05) is 0 Å². The highest BCUT2D eigenvalue weighted by atomic mass is 16.5. The Balaban J connectivity index is 2.31. The molecule has 0 radical (unpaired) electrons. The predicted octanol–water partition coefficient (Wildman–Crippen LogP) is 3.01. The lowest BCUT2D eigenvalue weighted by Gasteiger charge is -2.13. The molecule has 6 nitrogen and oxygen atoms in total. The molecule has 0 saturated heterocycles. The SMILES string of the molecule is CCCCCOc1ccnc(-n2cccn2)c1C(=O)OCC. The fourth-order valence-corrected chi connectivity index (χ4v) is 2.05. The van der Waals surface area contributed by atoms with Crippen LogP contribution in [0.15, 0.2) is 30.7 Å². The van der Waals surface area contributed by atoms with Crippen molar-refractivity contribution in [2.75, 3.05) is 13.2 Å². The molecule has 0 saturated carbocycles. The van der Waals surface area contributed by atoms with E-state index < -0.39 is 5.97 Å². The molecule has 6 heteroatoms. The van der Waals surface area contributed by atoms with Crippen LogP contribution < -0.4 is 4.74 Å². The van der Waals surface area contributed by atoms with Crippen LogP contribution in [0, 0.1) is 0 Å². The Morgan fingerprint density at radius 1 is 1.27 bits per heavy atom. The number of aromatic nitrogens is 3. The number of pyridine rings is 1. The van der Waals surface area contributed by atoms with E-state index in [1.54, 1.807) is 37.6 Å². The highest BCUT2D eigenvalue weighted by molar-refractivity contribution is 5.95. The first-order valence-corrected chi connectivity index (χ1v) is 7.56. The highest BCUT2D eigenvalue weighted by Crippen LogP contribution is 2.24. The van der Waals surface area contributed by atoms with Gasteiger partial charge in [-0.25, -0.2) is 14.5 Å². The molecule has 0 aliphatic heterocycles. The van der Waals surface area contributed by atoms with Crippen LogP contribution in [0.4, 0.5) is 0 Å². The summed E-state index contributed by atoms with van der Waals surface area (Å²) in [6.07, 6.45) is 8.11. The summed E-state index contributed by atoms with van der Waals surface area (Å²) >= 11 is 0. The Morgan fingerprint density at radius 2 is 2.14 bits per heavy atom. The third-order valence-electron chi connectivity index (χ3n) is 3.10. The predicted molar refractivity (Wildman–Crippen MR) is 82.3 cm³/mol. The Bertz CT molecular complexity index is 597. The van der Waals surface area contributed by atoms with Gasteiger partial charge in [-0.1, -0.05) is 19.8 Å². The second-order valence-electron chi connectivity index (χ2n) is 4.73. The molecule has 0 aromatic carbocycles. The second kappa shape index (κ2) is 8.17. The van der Waals surface area contributed by atoms with E-state index in [4.69, 9.17) is 9.47 Å². The van der Waals surface area contributed by atoms with E-state index in [2.05, 4.69) is 17.0 Å². The Kier molecular flexibility index (Phi) is 5.94. The number of hydrogen-bond donors (Lipinski definition) is 0. The minimum Gasteiger partial charge on any atom is -0.492 e. The average Bonchev–Trinajstić information content (AvgIpc) is 3.05. The third-order valence-corrected chi connectivity index (χ3v) is 3.10. The van der Waals surface area contributed by atoms with E-state index >= 15 is 0 Å². The van der Waals surface area contributed by atoms with Gasteiger partial charge in [0.05, 0.1) is 13.2 Å². The molecule has 0 atom stereocenters. The highest BCUT2D eigenvalue weighted by Gasteiger charge is 2.21. The fraction of sp³-hybridized carbons (Fsp3) is 0.438. The van der Waals surface area contributed by atoms with Gasteiger partial charge in [-0.3, -0.25) is 0 Å². The zero-order valence-corrected chi connectivity index (χ0v) is 13.0. The molecule has 0 aliphatic carbocycles. The van der Waals surface area contributed by atoms with Gasteiger partial charge < -0.3 is 9.47 Å². The first-order chi connectivity index (χ1) is 10.8. The lowest BCUT2D eigenvalue weighted by molar-refractivity contribution is 0.0521. The fourth-order valence-electron chi connectivity index (χ4n) is 2.05. The van der Waals surface area contributed by atoms with Crippen molar-refractivity contribution >= 4 is 5.97 Å². The molecule has 22 heavy (non-hydrogen) atoms. The molecule has 2 aromatic rings. The zero-order chi connectivity index (χ0) is 15.8. The second-order valence-corrected chi connectivity index (χ2v) is 4.73. The summed E-state index contributed by atoms with van der Waals surface area (Å²) < 4.78 is 12.4. The first kappa shape index (κ1) is 16.0. The van der Waals surface area contributed by atoms with E-state index in [0.29, 0.717) is 30.3 Å². The maximum atomic E-state index is 12.3. The van der Waals surface area contributed by atoms with Gasteiger partial charge in [0, 0.05) is 18.6 Å². The lowest BCUT2D eigenvalue weighted by atomic mass is 10.2. The number of esters is 1. The molecule has 2 heterocycles. The van der Waals surface area contributed by atoms with Crippen LogP contribution in [0.3, 0.4) is 0 Å². The summed E-state index contributed by atoms with van der Waals surface area (Å²) in [6, 6.07) is 3.45. The van der Waals surface area contributed by atoms with Gasteiger partial charge in [0.15, 0.2) is 5.82 Å². The summed E-state index contributed by atoms with van der Waals surface area (Å²) in [7, 11) is 0. The van der Waals surface area contributed by atoms with Gasteiger partial charge in [0.25, 0.3) is 0 Å². The molecular formula is C16H21N3O3. The van der Waals surface area contributed by atoms with Gasteiger partial charge in [-0.15, -0.1) is 0 Å². The molecule has 0 fully saturated rings.